The van der Waals surface area contributed by atoms with E-state index in [-0.39, 0.29) is 17.9 Å². The fourth-order valence-electron chi connectivity index (χ4n) is 2.70. The van der Waals surface area contributed by atoms with Crippen molar-refractivity contribution >= 4 is 15.9 Å². The normalized spacial score (nSPS) is 12.2. The van der Waals surface area contributed by atoms with Gasteiger partial charge in [0.25, 0.3) is 0 Å². The Morgan fingerprint density at radius 3 is 2.54 bits per heavy atom. The van der Waals surface area contributed by atoms with Crippen molar-refractivity contribution in [2.24, 2.45) is 0 Å². The molecule has 2 aromatic rings. The summed E-state index contributed by atoms with van der Waals surface area (Å²) < 4.78 is 33.7. The van der Waals surface area contributed by atoms with Crippen LogP contribution in [0.4, 0.5) is 0 Å². The lowest BCUT2D eigenvalue weighted by Gasteiger charge is -2.19. The molecule has 0 heterocycles. The van der Waals surface area contributed by atoms with Gasteiger partial charge in [-0.1, -0.05) is 36.4 Å². The van der Waals surface area contributed by atoms with Gasteiger partial charge in [-0.2, -0.15) is 4.72 Å². The summed E-state index contributed by atoms with van der Waals surface area (Å²) in [4.78, 5) is 12.6. The minimum Gasteiger partial charge on any atom is -0.494 e. The van der Waals surface area contributed by atoms with Crippen LogP contribution in [0.5, 0.6) is 5.75 Å². The van der Waals surface area contributed by atoms with Gasteiger partial charge in [-0.15, -0.1) is 6.58 Å². The SMILES string of the molecule is C=CCNC(=O)C(Cc1ccccc1)NS(=O)(=O)c1ccc(OCC)c(C)c1. The van der Waals surface area contributed by atoms with Gasteiger partial charge >= 0.3 is 0 Å². The van der Waals surface area contributed by atoms with E-state index in [0.717, 1.165) is 5.56 Å². The monoisotopic (exact) mass is 402 g/mol. The van der Waals surface area contributed by atoms with Crippen molar-refractivity contribution in [1.82, 2.24) is 10.0 Å². The number of amides is 1. The molecular formula is C21H26N2O4S. The molecule has 28 heavy (non-hydrogen) atoms. The lowest BCUT2D eigenvalue weighted by atomic mass is 10.1. The first-order valence-corrected chi connectivity index (χ1v) is 10.5. The van der Waals surface area contributed by atoms with Gasteiger partial charge in [0.1, 0.15) is 11.8 Å². The molecule has 1 amide bonds. The highest BCUT2D eigenvalue weighted by Crippen LogP contribution is 2.22. The van der Waals surface area contributed by atoms with Crippen LogP contribution in [0.25, 0.3) is 0 Å². The van der Waals surface area contributed by atoms with Crippen LogP contribution in [0.2, 0.25) is 0 Å². The molecule has 7 heteroatoms. The molecule has 1 unspecified atom stereocenters. The number of hydrogen-bond acceptors (Lipinski definition) is 4. The predicted octanol–water partition coefficient (Wildman–Crippen LogP) is 2.59. The van der Waals surface area contributed by atoms with E-state index in [2.05, 4.69) is 16.6 Å². The van der Waals surface area contributed by atoms with Crippen molar-refractivity contribution in [3.05, 3.63) is 72.3 Å². The molecule has 1 atom stereocenters. The molecule has 0 aliphatic heterocycles. The second-order valence-electron chi connectivity index (χ2n) is 6.26. The summed E-state index contributed by atoms with van der Waals surface area (Å²) in [5, 5.41) is 2.66. The van der Waals surface area contributed by atoms with E-state index in [1.165, 1.54) is 12.1 Å². The Balaban J connectivity index is 2.26. The Labute approximate surface area is 166 Å². The largest absolute Gasteiger partial charge is 0.494 e. The molecule has 0 radical (unpaired) electrons. The molecule has 0 bridgehead atoms. The number of rotatable bonds is 10. The fraction of sp³-hybridized carbons (Fsp3) is 0.286. The van der Waals surface area contributed by atoms with Gasteiger partial charge in [0.2, 0.25) is 15.9 Å². The lowest BCUT2D eigenvalue weighted by Crippen LogP contribution is -2.48. The average molecular weight is 403 g/mol. The lowest BCUT2D eigenvalue weighted by molar-refractivity contribution is -0.122. The topological polar surface area (TPSA) is 84.5 Å². The minimum atomic E-state index is -3.90. The maximum atomic E-state index is 12.9. The molecule has 0 saturated carbocycles. The first kappa shape index (κ1) is 21.7. The van der Waals surface area contributed by atoms with E-state index in [9.17, 15) is 13.2 Å². The van der Waals surface area contributed by atoms with Crippen LogP contribution in [0.3, 0.4) is 0 Å². The zero-order valence-corrected chi connectivity index (χ0v) is 17.0. The molecule has 0 spiro atoms. The first-order chi connectivity index (χ1) is 13.4. The highest BCUT2D eigenvalue weighted by Gasteiger charge is 2.26. The molecule has 6 nitrogen and oxygen atoms in total. The molecule has 0 fully saturated rings. The van der Waals surface area contributed by atoms with Gasteiger partial charge in [-0.25, -0.2) is 8.42 Å². The number of sulfonamides is 1. The Morgan fingerprint density at radius 1 is 1.21 bits per heavy atom. The molecule has 2 aromatic carbocycles. The zero-order chi connectivity index (χ0) is 20.6. The van der Waals surface area contributed by atoms with Crippen LogP contribution in [-0.2, 0) is 21.2 Å². The van der Waals surface area contributed by atoms with Crippen molar-refractivity contribution in [3.63, 3.8) is 0 Å². The fourth-order valence-corrected chi connectivity index (χ4v) is 3.98. The summed E-state index contributed by atoms with van der Waals surface area (Å²) in [5.41, 5.74) is 1.56. The maximum absolute atomic E-state index is 12.9. The second-order valence-corrected chi connectivity index (χ2v) is 7.97. The Kier molecular flexibility index (Phi) is 7.78. The van der Waals surface area contributed by atoms with E-state index in [4.69, 9.17) is 4.74 Å². The minimum absolute atomic E-state index is 0.0861. The number of aryl methyl sites for hydroxylation is 1. The van der Waals surface area contributed by atoms with Crippen LogP contribution in [-0.4, -0.2) is 33.5 Å². The van der Waals surface area contributed by atoms with Crippen molar-refractivity contribution in [3.8, 4) is 5.75 Å². The van der Waals surface area contributed by atoms with Crippen molar-refractivity contribution in [1.29, 1.82) is 0 Å². The van der Waals surface area contributed by atoms with Crippen LogP contribution in [0.1, 0.15) is 18.1 Å². The van der Waals surface area contributed by atoms with Gasteiger partial charge in [0.15, 0.2) is 0 Å². The molecule has 0 aromatic heterocycles. The average Bonchev–Trinajstić information content (AvgIpc) is 2.68. The summed E-state index contributed by atoms with van der Waals surface area (Å²) in [6, 6.07) is 12.9. The molecule has 0 aliphatic rings. The van der Waals surface area contributed by atoms with E-state index < -0.39 is 22.0 Å². The Morgan fingerprint density at radius 2 is 1.93 bits per heavy atom. The third-order valence-corrected chi connectivity index (χ3v) is 5.54. The van der Waals surface area contributed by atoms with Gasteiger partial charge < -0.3 is 10.1 Å². The molecule has 0 saturated heterocycles. The quantitative estimate of drug-likeness (QED) is 0.598. The number of carbonyl (C=O) groups excluding carboxylic acids is 1. The highest BCUT2D eigenvalue weighted by molar-refractivity contribution is 7.89. The summed E-state index contributed by atoms with van der Waals surface area (Å²) in [6.07, 6.45) is 1.78. The van der Waals surface area contributed by atoms with Crippen LogP contribution in [0.15, 0.2) is 66.1 Å². The van der Waals surface area contributed by atoms with Crippen LogP contribution in [0, 0.1) is 6.92 Å². The first-order valence-electron chi connectivity index (χ1n) is 9.05. The Bertz CT molecular complexity index is 911. The van der Waals surface area contributed by atoms with E-state index in [0.29, 0.717) is 17.9 Å². The molecule has 2 N–H and O–H groups in total. The van der Waals surface area contributed by atoms with Gasteiger partial charge in [0, 0.05) is 6.54 Å². The van der Waals surface area contributed by atoms with Gasteiger partial charge in [-0.05, 0) is 49.6 Å². The van der Waals surface area contributed by atoms with E-state index >= 15 is 0 Å². The van der Waals surface area contributed by atoms with Crippen LogP contribution >= 0.6 is 0 Å². The highest BCUT2D eigenvalue weighted by atomic mass is 32.2. The number of carbonyl (C=O) groups is 1. The van der Waals surface area contributed by atoms with Gasteiger partial charge in [0.05, 0.1) is 11.5 Å². The zero-order valence-electron chi connectivity index (χ0n) is 16.1. The van der Waals surface area contributed by atoms with Crippen molar-refractivity contribution < 1.29 is 17.9 Å². The summed E-state index contributed by atoms with van der Waals surface area (Å²) in [6.45, 7) is 7.96. The van der Waals surface area contributed by atoms with Crippen LogP contribution < -0.4 is 14.8 Å². The predicted molar refractivity (Wildman–Crippen MR) is 110 cm³/mol. The number of hydrogen-bond donors (Lipinski definition) is 2. The summed E-state index contributed by atoms with van der Waals surface area (Å²) >= 11 is 0. The third kappa shape index (κ3) is 5.94. The Hall–Kier alpha value is -2.64. The number of benzene rings is 2. The number of nitrogens with one attached hydrogen (secondary N) is 2. The smallest absolute Gasteiger partial charge is 0.241 e. The molecule has 2 rings (SSSR count). The number of ether oxygens (including phenoxy) is 1. The van der Waals surface area contributed by atoms with E-state index in [1.54, 1.807) is 19.1 Å². The summed E-state index contributed by atoms with van der Waals surface area (Å²) in [5.74, 6) is 0.223. The molecule has 0 aliphatic carbocycles. The maximum Gasteiger partial charge on any atom is 0.241 e. The standard InChI is InChI=1S/C21H26N2O4S/c1-4-13-22-21(24)19(15-17-9-7-6-8-10-17)23-28(25,26)18-11-12-20(27-5-2)16(3)14-18/h4,6-12,14,19,23H,1,5,13,15H2,2-3H3,(H,22,24). The summed E-state index contributed by atoms with van der Waals surface area (Å²) in [7, 11) is -3.90. The molecular weight excluding hydrogens is 376 g/mol. The van der Waals surface area contributed by atoms with Crippen molar-refractivity contribution in [2.45, 2.75) is 31.2 Å². The van der Waals surface area contributed by atoms with Crippen molar-refractivity contribution in [2.75, 3.05) is 13.2 Å². The molecule has 150 valence electrons. The third-order valence-electron chi connectivity index (χ3n) is 4.07. The van der Waals surface area contributed by atoms with E-state index in [1.807, 2.05) is 37.3 Å². The van der Waals surface area contributed by atoms with Gasteiger partial charge in [-0.3, -0.25) is 4.79 Å². The second kappa shape index (κ2) is 10.1.